The Morgan fingerprint density at radius 2 is 1.63 bits per heavy atom. The molecule has 0 saturated carbocycles. The van der Waals surface area contributed by atoms with Crippen LogP contribution < -0.4 is 5.32 Å². The number of fused-ring (bicyclic) bond motifs is 1. The average molecular weight is 482 g/mol. The molecule has 0 amide bonds. The van der Waals surface area contributed by atoms with Gasteiger partial charge in [0.15, 0.2) is 15.7 Å². The molecule has 0 aliphatic rings. The molecule has 3 heterocycles. The predicted molar refractivity (Wildman–Crippen MR) is 138 cm³/mol. The summed E-state index contributed by atoms with van der Waals surface area (Å²) in [7, 11) is -3.42. The Morgan fingerprint density at radius 3 is 2.40 bits per heavy atom. The van der Waals surface area contributed by atoms with E-state index in [1.54, 1.807) is 12.3 Å². The van der Waals surface area contributed by atoms with E-state index in [9.17, 15) is 8.42 Å². The van der Waals surface area contributed by atoms with E-state index in [1.165, 1.54) is 6.20 Å². The number of benzene rings is 2. The largest absolute Gasteiger partial charge is 0.364 e. The Labute approximate surface area is 203 Å². The van der Waals surface area contributed by atoms with Crippen LogP contribution >= 0.6 is 0 Å². The fourth-order valence-corrected chi connectivity index (χ4v) is 4.51. The van der Waals surface area contributed by atoms with Gasteiger partial charge in [-0.25, -0.2) is 18.4 Å². The molecule has 1 N–H and O–H groups in total. The predicted octanol–water partition coefficient (Wildman–Crippen LogP) is 5.08. The maximum atomic E-state index is 12.1. The minimum atomic E-state index is -3.42. The van der Waals surface area contributed by atoms with Gasteiger partial charge in [-0.2, -0.15) is 0 Å². The second-order valence-corrected chi connectivity index (χ2v) is 10.3. The Kier molecular flexibility index (Phi) is 5.96. The van der Waals surface area contributed by atoms with Crippen molar-refractivity contribution in [2.24, 2.45) is 0 Å². The lowest BCUT2D eigenvalue weighted by atomic mass is 10.0. The SMILES string of the molecule is Cc1cccc(CNc2nc(-c3cncc(S(C)(=O)=O)c3)nc3cccc(-c4ccccc4)c23)n1. The van der Waals surface area contributed by atoms with Crippen LogP contribution in [0.3, 0.4) is 0 Å². The molecule has 0 spiro atoms. The van der Waals surface area contributed by atoms with Crippen molar-refractivity contribution in [3.8, 4) is 22.5 Å². The van der Waals surface area contributed by atoms with E-state index in [0.29, 0.717) is 23.8 Å². The zero-order chi connectivity index (χ0) is 24.4. The molecular formula is C27H23N5O2S. The third kappa shape index (κ3) is 4.88. The van der Waals surface area contributed by atoms with Gasteiger partial charge in [-0.05, 0) is 42.3 Å². The first-order valence-electron chi connectivity index (χ1n) is 11.1. The molecule has 35 heavy (non-hydrogen) atoms. The molecule has 0 aliphatic carbocycles. The van der Waals surface area contributed by atoms with Crippen LogP contribution in [0.2, 0.25) is 0 Å². The molecule has 174 valence electrons. The van der Waals surface area contributed by atoms with Crippen molar-refractivity contribution in [2.45, 2.75) is 18.4 Å². The summed E-state index contributed by atoms with van der Waals surface area (Å²) >= 11 is 0. The van der Waals surface area contributed by atoms with Gasteiger partial charge < -0.3 is 5.32 Å². The Balaban J connectivity index is 1.68. The van der Waals surface area contributed by atoms with Crippen LogP contribution in [0.4, 0.5) is 5.82 Å². The smallest absolute Gasteiger partial charge is 0.177 e. The van der Waals surface area contributed by atoms with E-state index in [0.717, 1.165) is 39.7 Å². The first kappa shape index (κ1) is 22.6. The van der Waals surface area contributed by atoms with Gasteiger partial charge in [-0.1, -0.05) is 48.5 Å². The van der Waals surface area contributed by atoms with E-state index in [-0.39, 0.29) is 4.90 Å². The summed E-state index contributed by atoms with van der Waals surface area (Å²) in [5.74, 6) is 1.03. The zero-order valence-electron chi connectivity index (χ0n) is 19.3. The van der Waals surface area contributed by atoms with Gasteiger partial charge in [-0.15, -0.1) is 0 Å². The fourth-order valence-electron chi connectivity index (χ4n) is 3.91. The second kappa shape index (κ2) is 9.23. The average Bonchev–Trinajstić information content (AvgIpc) is 2.87. The highest BCUT2D eigenvalue weighted by Crippen LogP contribution is 2.34. The van der Waals surface area contributed by atoms with E-state index in [2.05, 4.69) is 15.3 Å². The molecule has 0 atom stereocenters. The molecule has 8 heteroatoms. The lowest BCUT2D eigenvalue weighted by molar-refractivity contribution is 0.601. The molecular weight excluding hydrogens is 458 g/mol. The molecule has 2 aromatic carbocycles. The van der Waals surface area contributed by atoms with Gasteiger partial charge in [0.05, 0.1) is 28.0 Å². The molecule has 0 unspecified atom stereocenters. The van der Waals surface area contributed by atoms with Crippen molar-refractivity contribution in [2.75, 3.05) is 11.6 Å². The zero-order valence-corrected chi connectivity index (χ0v) is 20.1. The first-order chi connectivity index (χ1) is 16.9. The van der Waals surface area contributed by atoms with Crippen molar-refractivity contribution in [1.29, 1.82) is 0 Å². The third-order valence-electron chi connectivity index (χ3n) is 5.59. The van der Waals surface area contributed by atoms with Gasteiger partial charge in [0, 0.05) is 29.9 Å². The van der Waals surface area contributed by atoms with Crippen molar-refractivity contribution >= 4 is 26.6 Å². The number of hydrogen-bond acceptors (Lipinski definition) is 7. The van der Waals surface area contributed by atoms with E-state index in [4.69, 9.17) is 9.97 Å². The summed E-state index contributed by atoms with van der Waals surface area (Å²) in [6.45, 7) is 2.43. The lowest BCUT2D eigenvalue weighted by Crippen LogP contribution is -2.07. The number of hydrogen-bond donors (Lipinski definition) is 1. The van der Waals surface area contributed by atoms with E-state index in [1.807, 2.05) is 73.7 Å². The van der Waals surface area contributed by atoms with Crippen LogP contribution in [0.25, 0.3) is 33.4 Å². The fraction of sp³-hybridized carbons (Fsp3) is 0.111. The third-order valence-corrected chi connectivity index (χ3v) is 6.67. The molecule has 5 aromatic rings. The normalized spacial score (nSPS) is 11.5. The van der Waals surface area contributed by atoms with Crippen LogP contribution in [-0.4, -0.2) is 34.6 Å². The summed E-state index contributed by atoms with van der Waals surface area (Å²) in [5.41, 5.74) is 5.13. The molecule has 3 aromatic heterocycles. The van der Waals surface area contributed by atoms with Crippen molar-refractivity contribution < 1.29 is 8.42 Å². The lowest BCUT2D eigenvalue weighted by Gasteiger charge is -2.14. The second-order valence-electron chi connectivity index (χ2n) is 8.27. The maximum Gasteiger partial charge on any atom is 0.177 e. The Hall–Kier alpha value is -4.17. The van der Waals surface area contributed by atoms with Gasteiger partial charge >= 0.3 is 0 Å². The molecule has 0 bridgehead atoms. The minimum absolute atomic E-state index is 0.121. The van der Waals surface area contributed by atoms with Crippen molar-refractivity contribution in [3.63, 3.8) is 0 Å². The number of aryl methyl sites for hydroxylation is 1. The maximum absolute atomic E-state index is 12.1. The van der Waals surface area contributed by atoms with Crippen LogP contribution in [0, 0.1) is 6.92 Å². The van der Waals surface area contributed by atoms with Crippen molar-refractivity contribution in [1.82, 2.24) is 19.9 Å². The summed E-state index contributed by atoms with van der Waals surface area (Å²) in [6, 6.07) is 23.4. The number of pyridine rings is 2. The van der Waals surface area contributed by atoms with Crippen molar-refractivity contribution in [3.05, 3.63) is 96.6 Å². The molecule has 0 radical (unpaired) electrons. The van der Waals surface area contributed by atoms with Crippen LogP contribution in [-0.2, 0) is 16.4 Å². The molecule has 7 nitrogen and oxygen atoms in total. The number of anilines is 1. The first-order valence-corrected chi connectivity index (χ1v) is 13.0. The summed E-state index contributed by atoms with van der Waals surface area (Å²) in [6.07, 6.45) is 4.06. The van der Waals surface area contributed by atoms with Gasteiger partial charge in [-0.3, -0.25) is 9.97 Å². The van der Waals surface area contributed by atoms with E-state index >= 15 is 0 Å². The summed E-state index contributed by atoms with van der Waals surface area (Å²) < 4.78 is 24.2. The number of nitrogens with zero attached hydrogens (tertiary/aromatic N) is 4. The highest BCUT2D eigenvalue weighted by molar-refractivity contribution is 7.90. The number of rotatable bonds is 6. The number of aromatic nitrogens is 4. The van der Waals surface area contributed by atoms with Crippen LogP contribution in [0.1, 0.15) is 11.4 Å². The number of sulfone groups is 1. The van der Waals surface area contributed by atoms with Gasteiger partial charge in [0.1, 0.15) is 5.82 Å². The summed E-state index contributed by atoms with van der Waals surface area (Å²) in [4.78, 5) is 18.4. The summed E-state index contributed by atoms with van der Waals surface area (Å²) in [5, 5.41) is 4.32. The molecule has 5 rings (SSSR count). The molecule has 0 fully saturated rings. The van der Waals surface area contributed by atoms with Crippen LogP contribution in [0.15, 0.2) is 90.1 Å². The van der Waals surface area contributed by atoms with Crippen LogP contribution in [0.5, 0.6) is 0 Å². The highest BCUT2D eigenvalue weighted by Gasteiger charge is 2.16. The Bertz CT molecular complexity index is 1640. The number of nitrogens with one attached hydrogen (secondary N) is 1. The van der Waals surface area contributed by atoms with Gasteiger partial charge in [0.25, 0.3) is 0 Å². The van der Waals surface area contributed by atoms with Gasteiger partial charge in [0.2, 0.25) is 0 Å². The Morgan fingerprint density at radius 1 is 0.829 bits per heavy atom. The highest BCUT2D eigenvalue weighted by atomic mass is 32.2. The van der Waals surface area contributed by atoms with E-state index < -0.39 is 9.84 Å². The quantitative estimate of drug-likeness (QED) is 0.361. The minimum Gasteiger partial charge on any atom is -0.364 e. The standard InChI is InChI=1S/C27H23N5O2S/c1-18-8-6-11-21(30-18)16-29-27-25-23(19-9-4-3-5-10-19)12-7-13-24(25)31-26(32-27)20-14-22(17-28-15-20)35(2,33)34/h3-15,17H,16H2,1-2H3,(H,29,31,32). The molecule has 0 aliphatic heterocycles. The topological polar surface area (TPSA) is 97.7 Å². The monoisotopic (exact) mass is 481 g/mol. The molecule has 0 saturated heterocycles.